The normalized spacial score (nSPS) is 10.9. The summed E-state index contributed by atoms with van der Waals surface area (Å²) in [5, 5.41) is 7.54. The first kappa shape index (κ1) is 10.8. The van der Waals surface area contributed by atoms with E-state index in [4.69, 9.17) is 0 Å². The van der Waals surface area contributed by atoms with Crippen LogP contribution in [0.5, 0.6) is 0 Å². The predicted octanol–water partition coefficient (Wildman–Crippen LogP) is 1.35. The highest BCUT2D eigenvalue weighted by molar-refractivity contribution is 5.45. The number of pyridine rings is 1. The SMILES string of the molecule is Cc1ccn2nc(NCCn3ccnc3)nc2c1. The molecule has 0 atom stereocenters. The quantitative estimate of drug-likeness (QED) is 0.750. The van der Waals surface area contributed by atoms with Crippen LogP contribution in [0, 0.1) is 6.92 Å². The molecule has 0 bridgehead atoms. The zero-order chi connectivity index (χ0) is 12.4. The highest BCUT2D eigenvalue weighted by Crippen LogP contribution is 2.07. The molecule has 0 aliphatic rings. The fourth-order valence-corrected chi connectivity index (χ4v) is 1.77. The topological polar surface area (TPSA) is 60.0 Å². The third-order valence-corrected chi connectivity index (χ3v) is 2.71. The third-order valence-electron chi connectivity index (χ3n) is 2.71. The zero-order valence-electron chi connectivity index (χ0n) is 10.1. The fourth-order valence-electron chi connectivity index (χ4n) is 1.77. The molecule has 3 heterocycles. The lowest BCUT2D eigenvalue weighted by Gasteiger charge is -2.01. The van der Waals surface area contributed by atoms with Crippen LogP contribution in [0.3, 0.4) is 0 Å². The first-order chi connectivity index (χ1) is 8.81. The van der Waals surface area contributed by atoms with Crippen LogP contribution in [-0.2, 0) is 6.54 Å². The molecule has 3 aromatic rings. The van der Waals surface area contributed by atoms with Crippen LogP contribution in [0.15, 0.2) is 37.1 Å². The summed E-state index contributed by atoms with van der Waals surface area (Å²) in [6.45, 7) is 3.65. The maximum atomic E-state index is 4.41. The van der Waals surface area contributed by atoms with E-state index in [1.807, 2.05) is 36.0 Å². The number of hydrogen-bond donors (Lipinski definition) is 1. The maximum absolute atomic E-state index is 4.41. The number of fused-ring (bicyclic) bond motifs is 1. The van der Waals surface area contributed by atoms with E-state index in [0.29, 0.717) is 5.95 Å². The molecular weight excluding hydrogens is 228 g/mol. The molecule has 1 N–H and O–H groups in total. The average Bonchev–Trinajstić information content (AvgIpc) is 2.97. The molecule has 0 saturated heterocycles. The lowest BCUT2D eigenvalue weighted by atomic mass is 10.3. The number of nitrogens with zero attached hydrogens (tertiary/aromatic N) is 5. The summed E-state index contributed by atoms with van der Waals surface area (Å²) in [5.74, 6) is 0.653. The van der Waals surface area contributed by atoms with E-state index in [0.717, 1.165) is 18.7 Å². The van der Waals surface area contributed by atoms with Gasteiger partial charge in [-0.05, 0) is 24.6 Å². The van der Waals surface area contributed by atoms with Gasteiger partial charge in [0.25, 0.3) is 0 Å². The number of nitrogens with one attached hydrogen (secondary N) is 1. The van der Waals surface area contributed by atoms with E-state index >= 15 is 0 Å². The molecule has 92 valence electrons. The second kappa shape index (κ2) is 4.48. The Balaban J connectivity index is 1.67. The van der Waals surface area contributed by atoms with Crippen LogP contribution < -0.4 is 5.32 Å². The summed E-state index contributed by atoms with van der Waals surface area (Å²) < 4.78 is 3.78. The van der Waals surface area contributed by atoms with Crippen molar-refractivity contribution in [2.45, 2.75) is 13.5 Å². The molecule has 0 amide bonds. The number of hydrogen-bond acceptors (Lipinski definition) is 4. The fraction of sp³-hybridized carbons (Fsp3) is 0.250. The molecule has 3 rings (SSSR count). The van der Waals surface area contributed by atoms with Gasteiger partial charge < -0.3 is 9.88 Å². The summed E-state index contributed by atoms with van der Waals surface area (Å²) in [5.41, 5.74) is 2.04. The molecule has 3 aromatic heterocycles. The largest absolute Gasteiger partial charge is 0.351 e. The van der Waals surface area contributed by atoms with E-state index in [1.54, 1.807) is 17.0 Å². The van der Waals surface area contributed by atoms with Gasteiger partial charge in [-0.3, -0.25) is 0 Å². The van der Waals surface area contributed by atoms with Gasteiger partial charge in [-0.15, -0.1) is 5.10 Å². The second-order valence-electron chi connectivity index (χ2n) is 4.17. The van der Waals surface area contributed by atoms with Crippen molar-refractivity contribution in [3.8, 4) is 0 Å². The van der Waals surface area contributed by atoms with Crippen molar-refractivity contribution in [3.05, 3.63) is 42.6 Å². The van der Waals surface area contributed by atoms with Crippen molar-refractivity contribution in [1.82, 2.24) is 24.1 Å². The Morgan fingerprint density at radius 1 is 1.33 bits per heavy atom. The summed E-state index contributed by atoms with van der Waals surface area (Å²) in [6, 6.07) is 4.02. The molecule has 0 aliphatic carbocycles. The number of anilines is 1. The first-order valence-corrected chi connectivity index (χ1v) is 5.84. The molecule has 18 heavy (non-hydrogen) atoms. The van der Waals surface area contributed by atoms with Crippen LogP contribution in [0.2, 0.25) is 0 Å². The van der Waals surface area contributed by atoms with Crippen LogP contribution in [0.25, 0.3) is 5.65 Å². The Morgan fingerprint density at radius 2 is 2.28 bits per heavy atom. The lowest BCUT2D eigenvalue weighted by molar-refractivity contribution is 0.723. The predicted molar refractivity (Wildman–Crippen MR) is 68.4 cm³/mol. The third kappa shape index (κ3) is 2.17. The van der Waals surface area contributed by atoms with Crippen molar-refractivity contribution in [2.75, 3.05) is 11.9 Å². The van der Waals surface area contributed by atoms with Gasteiger partial charge in [-0.2, -0.15) is 4.98 Å². The van der Waals surface area contributed by atoms with Gasteiger partial charge in [0.05, 0.1) is 6.33 Å². The van der Waals surface area contributed by atoms with Crippen LogP contribution in [0.1, 0.15) is 5.56 Å². The van der Waals surface area contributed by atoms with Gasteiger partial charge in [-0.1, -0.05) is 0 Å². The Morgan fingerprint density at radius 3 is 3.11 bits per heavy atom. The minimum atomic E-state index is 0.653. The monoisotopic (exact) mass is 242 g/mol. The van der Waals surface area contributed by atoms with E-state index in [-0.39, 0.29) is 0 Å². The molecule has 0 aliphatic heterocycles. The minimum Gasteiger partial charge on any atom is -0.351 e. The van der Waals surface area contributed by atoms with Crippen molar-refractivity contribution in [1.29, 1.82) is 0 Å². The molecule has 0 spiro atoms. The van der Waals surface area contributed by atoms with Crippen LogP contribution >= 0.6 is 0 Å². The van der Waals surface area contributed by atoms with Gasteiger partial charge in [-0.25, -0.2) is 9.50 Å². The second-order valence-corrected chi connectivity index (χ2v) is 4.17. The van der Waals surface area contributed by atoms with Gasteiger partial charge in [0.2, 0.25) is 5.95 Å². The highest BCUT2D eigenvalue weighted by Gasteiger charge is 2.02. The molecule has 0 fully saturated rings. The van der Waals surface area contributed by atoms with E-state index in [9.17, 15) is 0 Å². The molecule has 0 saturated carbocycles. The molecule has 6 heteroatoms. The van der Waals surface area contributed by atoms with Gasteiger partial charge in [0.15, 0.2) is 5.65 Å². The van der Waals surface area contributed by atoms with Crippen molar-refractivity contribution in [3.63, 3.8) is 0 Å². The summed E-state index contributed by atoms with van der Waals surface area (Å²) in [4.78, 5) is 8.40. The van der Waals surface area contributed by atoms with Crippen LogP contribution in [0.4, 0.5) is 5.95 Å². The number of rotatable bonds is 4. The molecule has 6 nitrogen and oxygen atoms in total. The standard InChI is InChI=1S/C12H14N6/c1-10-2-5-18-11(8-10)15-12(16-18)14-4-7-17-6-3-13-9-17/h2-3,5-6,8-9H,4,7H2,1H3,(H,14,16). The van der Waals surface area contributed by atoms with Gasteiger partial charge >= 0.3 is 0 Å². The number of aryl methyl sites for hydroxylation is 1. The zero-order valence-corrected chi connectivity index (χ0v) is 10.1. The van der Waals surface area contributed by atoms with E-state index in [2.05, 4.69) is 20.4 Å². The average molecular weight is 242 g/mol. The highest BCUT2D eigenvalue weighted by atomic mass is 15.3. The Labute approximate surface area is 104 Å². The smallest absolute Gasteiger partial charge is 0.243 e. The minimum absolute atomic E-state index is 0.653. The number of imidazole rings is 1. The van der Waals surface area contributed by atoms with Crippen molar-refractivity contribution in [2.24, 2.45) is 0 Å². The molecular formula is C12H14N6. The molecule has 0 aromatic carbocycles. The van der Waals surface area contributed by atoms with Crippen molar-refractivity contribution < 1.29 is 0 Å². The lowest BCUT2D eigenvalue weighted by Crippen LogP contribution is -2.10. The first-order valence-electron chi connectivity index (χ1n) is 5.84. The van der Waals surface area contributed by atoms with E-state index in [1.165, 1.54) is 5.56 Å². The maximum Gasteiger partial charge on any atom is 0.243 e. The summed E-state index contributed by atoms with van der Waals surface area (Å²) in [6.07, 6.45) is 7.41. The number of aromatic nitrogens is 5. The molecule has 0 unspecified atom stereocenters. The Kier molecular flexibility index (Phi) is 2.68. The Bertz CT molecular complexity index is 640. The summed E-state index contributed by atoms with van der Waals surface area (Å²) in [7, 11) is 0. The van der Waals surface area contributed by atoms with Gasteiger partial charge in [0, 0.05) is 31.7 Å². The van der Waals surface area contributed by atoms with Crippen LogP contribution in [-0.4, -0.2) is 30.7 Å². The van der Waals surface area contributed by atoms with Crippen molar-refractivity contribution >= 4 is 11.6 Å². The molecule has 0 radical (unpaired) electrons. The van der Waals surface area contributed by atoms with E-state index < -0.39 is 0 Å². The summed E-state index contributed by atoms with van der Waals surface area (Å²) >= 11 is 0. The Hall–Kier alpha value is -2.37. The van der Waals surface area contributed by atoms with Gasteiger partial charge in [0.1, 0.15) is 0 Å².